The van der Waals surface area contributed by atoms with Crippen LogP contribution < -0.4 is 5.43 Å². The molecule has 2 aromatic rings. The minimum absolute atomic E-state index is 0.362. The lowest BCUT2D eigenvalue weighted by Gasteiger charge is -2.21. The number of amides is 2. The number of rotatable bonds is 3. The van der Waals surface area contributed by atoms with Crippen LogP contribution in [0.3, 0.4) is 0 Å². The van der Waals surface area contributed by atoms with Gasteiger partial charge in [0.1, 0.15) is 0 Å². The fourth-order valence-corrected chi connectivity index (χ4v) is 1.74. The molecule has 1 N–H and O–H groups in total. The summed E-state index contributed by atoms with van der Waals surface area (Å²) in [6.07, 6.45) is 0. The Hall–Kier alpha value is -2.62. The zero-order valence-electron chi connectivity index (χ0n) is 11.5. The molecule has 2 rings (SSSR count). The fourth-order valence-electron chi connectivity index (χ4n) is 1.74. The Kier molecular flexibility index (Phi) is 4.15. The van der Waals surface area contributed by atoms with E-state index in [2.05, 4.69) is 5.43 Å². The molecule has 0 aliphatic carbocycles. The number of hydrogen-bond acceptors (Lipinski definition) is 3. The van der Waals surface area contributed by atoms with Gasteiger partial charge >= 0.3 is 0 Å². The molecule has 0 aliphatic rings. The van der Waals surface area contributed by atoms with Gasteiger partial charge in [-0.2, -0.15) is 5.01 Å². The number of hydrazine groups is 1. The van der Waals surface area contributed by atoms with Gasteiger partial charge in [-0.1, -0.05) is 35.9 Å². The van der Waals surface area contributed by atoms with E-state index in [1.807, 2.05) is 37.3 Å². The van der Waals surface area contributed by atoms with Gasteiger partial charge in [0.25, 0.3) is 5.91 Å². The van der Waals surface area contributed by atoms with Crippen LogP contribution in [0, 0.1) is 6.92 Å². The summed E-state index contributed by atoms with van der Waals surface area (Å²) in [4.78, 5) is 24.0. The van der Waals surface area contributed by atoms with Crippen molar-refractivity contribution in [2.45, 2.75) is 13.8 Å². The molecule has 0 fully saturated rings. The molecule has 0 unspecified atom stereocenters. The molecule has 0 heterocycles. The number of benzene rings is 2. The van der Waals surface area contributed by atoms with Gasteiger partial charge in [-0.05, 0) is 31.2 Å². The van der Waals surface area contributed by atoms with E-state index in [0.29, 0.717) is 11.3 Å². The average Bonchev–Trinajstić information content (AvgIpc) is 2.46. The first kappa shape index (κ1) is 13.8. The maximum Gasteiger partial charge on any atom is 0.279 e. The highest BCUT2D eigenvalue weighted by Gasteiger charge is 2.19. The van der Waals surface area contributed by atoms with E-state index in [4.69, 9.17) is 0 Å². The van der Waals surface area contributed by atoms with E-state index in [9.17, 15) is 9.59 Å². The number of hydrogen-bond donors (Lipinski definition) is 1. The Balaban J connectivity index is 2.21. The van der Waals surface area contributed by atoms with Gasteiger partial charge in [-0.25, -0.2) is 0 Å². The Morgan fingerprint density at radius 3 is 2.10 bits per heavy atom. The first-order chi connectivity index (χ1) is 9.58. The van der Waals surface area contributed by atoms with Crippen molar-refractivity contribution in [3.8, 4) is 0 Å². The minimum Gasteiger partial charge on any atom is -0.289 e. The standard InChI is InChI=1S/C16H16N2O2/c1-12-8-10-15(11-9-12)17-18(13(2)19)16(20)14-6-4-3-5-7-14/h3-11,17H,1-2H3. The molecule has 0 saturated heterocycles. The van der Waals surface area contributed by atoms with Crippen LogP contribution in [0.25, 0.3) is 0 Å². The lowest BCUT2D eigenvalue weighted by molar-refractivity contribution is -0.125. The Morgan fingerprint density at radius 1 is 0.950 bits per heavy atom. The third-order valence-corrected chi connectivity index (χ3v) is 2.83. The number of carbonyl (C=O) groups is 2. The highest BCUT2D eigenvalue weighted by Crippen LogP contribution is 2.12. The van der Waals surface area contributed by atoms with Crippen molar-refractivity contribution in [1.29, 1.82) is 0 Å². The van der Waals surface area contributed by atoms with Crippen molar-refractivity contribution < 1.29 is 9.59 Å². The van der Waals surface area contributed by atoms with Crippen molar-refractivity contribution in [3.63, 3.8) is 0 Å². The van der Waals surface area contributed by atoms with Crippen molar-refractivity contribution in [2.24, 2.45) is 0 Å². The van der Waals surface area contributed by atoms with Crippen LogP contribution in [-0.2, 0) is 4.79 Å². The monoisotopic (exact) mass is 268 g/mol. The fraction of sp³-hybridized carbons (Fsp3) is 0.125. The van der Waals surface area contributed by atoms with E-state index < -0.39 is 0 Å². The van der Waals surface area contributed by atoms with Crippen molar-refractivity contribution in [2.75, 3.05) is 5.43 Å². The van der Waals surface area contributed by atoms with E-state index >= 15 is 0 Å². The van der Waals surface area contributed by atoms with Gasteiger partial charge in [0.2, 0.25) is 5.91 Å². The Labute approximate surface area is 118 Å². The largest absolute Gasteiger partial charge is 0.289 e. The van der Waals surface area contributed by atoms with Crippen LogP contribution in [0.15, 0.2) is 54.6 Å². The molecule has 2 amide bonds. The lowest BCUT2D eigenvalue weighted by Crippen LogP contribution is -2.39. The molecule has 102 valence electrons. The summed E-state index contributed by atoms with van der Waals surface area (Å²) in [5.41, 5.74) is 5.10. The molecule has 4 nitrogen and oxygen atoms in total. The number of imide groups is 1. The molecule has 2 aromatic carbocycles. The van der Waals surface area contributed by atoms with Gasteiger partial charge in [0.05, 0.1) is 5.69 Å². The highest BCUT2D eigenvalue weighted by molar-refractivity contribution is 6.04. The number of nitrogens with one attached hydrogen (secondary N) is 1. The van der Waals surface area contributed by atoms with Crippen molar-refractivity contribution in [3.05, 3.63) is 65.7 Å². The van der Waals surface area contributed by atoms with Crippen LogP contribution in [0.5, 0.6) is 0 Å². The van der Waals surface area contributed by atoms with Crippen LogP contribution in [0.4, 0.5) is 5.69 Å². The molecule has 20 heavy (non-hydrogen) atoms. The normalized spacial score (nSPS) is 9.90. The predicted molar refractivity (Wildman–Crippen MR) is 78.1 cm³/mol. The number of aryl methyl sites for hydroxylation is 1. The first-order valence-electron chi connectivity index (χ1n) is 6.31. The van der Waals surface area contributed by atoms with E-state index in [-0.39, 0.29) is 11.8 Å². The third kappa shape index (κ3) is 3.23. The van der Waals surface area contributed by atoms with Crippen LogP contribution >= 0.6 is 0 Å². The van der Waals surface area contributed by atoms with Crippen molar-refractivity contribution >= 4 is 17.5 Å². The zero-order valence-corrected chi connectivity index (χ0v) is 11.5. The number of anilines is 1. The van der Waals surface area contributed by atoms with Crippen LogP contribution in [0.2, 0.25) is 0 Å². The van der Waals surface area contributed by atoms with Crippen molar-refractivity contribution in [1.82, 2.24) is 5.01 Å². The quantitative estimate of drug-likeness (QED) is 0.870. The summed E-state index contributed by atoms with van der Waals surface area (Å²) in [6.45, 7) is 3.32. The molecule has 0 radical (unpaired) electrons. The average molecular weight is 268 g/mol. The van der Waals surface area contributed by atoms with Crippen LogP contribution in [-0.4, -0.2) is 16.8 Å². The molecule has 0 bridgehead atoms. The topological polar surface area (TPSA) is 49.4 Å². The summed E-state index contributed by atoms with van der Waals surface area (Å²) >= 11 is 0. The summed E-state index contributed by atoms with van der Waals surface area (Å²) in [7, 11) is 0. The molecular weight excluding hydrogens is 252 g/mol. The second-order valence-electron chi connectivity index (χ2n) is 4.50. The lowest BCUT2D eigenvalue weighted by atomic mass is 10.2. The molecule has 0 spiro atoms. The minimum atomic E-state index is -0.376. The maximum absolute atomic E-state index is 12.3. The molecule has 0 aromatic heterocycles. The summed E-state index contributed by atoms with van der Waals surface area (Å²) in [5, 5.41) is 1.01. The predicted octanol–water partition coefficient (Wildman–Crippen LogP) is 3.01. The van der Waals surface area contributed by atoms with E-state index in [1.54, 1.807) is 24.3 Å². The number of carbonyl (C=O) groups excluding carboxylic acids is 2. The molecule has 0 aliphatic heterocycles. The first-order valence-corrected chi connectivity index (χ1v) is 6.31. The second kappa shape index (κ2) is 6.02. The van der Waals surface area contributed by atoms with Gasteiger partial charge in [-0.3, -0.25) is 15.0 Å². The Morgan fingerprint density at radius 2 is 1.55 bits per heavy atom. The maximum atomic E-state index is 12.3. The summed E-state index contributed by atoms with van der Waals surface area (Å²) in [6, 6.07) is 16.2. The van der Waals surface area contributed by atoms with Crippen LogP contribution in [0.1, 0.15) is 22.8 Å². The van der Waals surface area contributed by atoms with E-state index in [1.165, 1.54) is 6.92 Å². The third-order valence-electron chi connectivity index (χ3n) is 2.83. The SMILES string of the molecule is CC(=O)N(Nc1ccc(C)cc1)C(=O)c1ccccc1. The second-order valence-corrected chi connectivity index (χ2v) is 4.50. The molecule has 0 atom stereocenters. The molecule has 4 heteroatoms. The summed E-state index contributed by atoms with van der Waals surface area (Å²) in [5.74, 6) is -0.738. The Bertz CT molecular complexity index is 606. The number of nitrogens with zero attached hydrogens (tertiary/aromatic N) is 1. The van der Waals surface area contributed by atoms with E-state index in [0.717, 1.165) is 10.6 Å². The van der Waals surface area contributed by atoms with Gasteiger partial charge < -0.3 is 0 Å². The van der Waals surface area contributed by atoms with Gasteiger partial charge in [-0.15, -0.1) is 0 Å². The van der Waals surface area contributed by atoms with Gasteiger partial charge in [0, 0.05) is 12.5 Å². The smallest absolute Gasteiger partial charge is 0.279 e. The van der Waals surface area contributed by atoms with Gasteiger partial charge in [0.15, 0.2) is 0 Å². The molecular formula is C16H16N2O2. The zero-order chi connectivity index (χ0) is 14.5. The highest BCUT2D eigenvalue weighted by atomic mass is 16.2. The summed E-state index contributed by atoms with van der Waals surface area (Å²) < 4.78 is 0. The molecule has 0 saturated carbocycles.